The number of fused-ring (bicyclic) bond motifs is 1. The number of benzene rings is 3. The van der Waals surface area contributed by atoms with E-state index in [-0.39, 0.29) is 5.56 Å². The molecule has 0 aliphatic carbocycles. The predicted octanol–water partition coefficient (Wildman–Crippen LogP) is 5.70. The highest BCUT2D eigenvalue weighted by molar-refractivity contribution is 7.16. The van der Waals surface area contributed by atoms with Crippen molar-refractivity contribution in [2.45, 2.75) is 6.92 Å². The number of carbonyl (C=O) groups excluding carboxylic acids is 1. The summed E-state index contributed by atoms with van der Waals surface area (Å²) in [5.74, 6) is -0.244. The van der Waals surface area contributed by atoms with Crippen LogP contribution in [0.2, 0.25) is 5.02 Å². The van der Waals surface area contributed by atoms with Crippen molar-refractivity contribution < 1.29 is 13.9 Å². The first kappa shape index (κ1) is 17.5. The van der Waals surface area contributed by atoms with Crippen LogP contribution in [0.1, 0.15) is 15.9 Å². The van der Waals surface area contributed by atoms with Crippen LogP contribution in [0, 0.1) is 6.92 Å². The van der Waals surface area contributed by atoms with Crippen molar-refractivity contribution >= 4 is 39.2 Å². The maximum atomic E-state index is 12.5. The Bertz CT molecular complexity index is 1220. The Balaban J connectivity index is 1.81. The van der Waals surface area contributed by atoms with Crippen molar-refractivity contribution in [3.63, 3.8) is 0 Å². The van der Waals surface area contributed by atoms with Crippen LogP contribution in [0.3, 0.4) is 0 Å². The lowest BCUT2D eigenvalue weighted by atomic mass is 10.0. The van der Waals surface area contributed by atoms with Crippen LogP contribution in [-0.2, 0) is 0 Å². The van der Waals surface area contributed by atoms with E-state index in [9.17, 15) is 9.59 Å². The highest BCUT2D eigenvalue weighted by Gasteiger charge is 2.17. The molecule has 0 atom stereocenters. The van der Waals surface area contributed by atoms with Crippen LogP contribution in [0.15, 0.2) is 69.9 Å². The minimum Gasteiger partial charge on any atom is -0.423 e. The van der Waals surface area contributed by atoms with Crippen LogP contribution in [0.4, 0.5) is 0 Å². The van der Waals surface area contributed by atoms with Crippen molar-refractivity contribution in [1.82, 2.24) is 0 Å². The highest BCUT2D eigenvalue weighted by Crippen LogP contribution is 2.35. The topological polar surface area (TPSA) is 56.5 Å². The third-order valence-corrected chi connectivity index (χ3v) is 5.14. The molecule has 27 heavy (non-hydrogen) atoms. The molecule has 4 nitrogen and oxygen atoms in total. The van der Waals surface area contributed by atoms with E-state index in [1.54, 1.807) is 36.4 Å². The summed E-state index contributed by atoms with van der Waals surface area (Å²) in [7, 11) is 0. The van der Waals surface area contributed by atoms with Crippen LogP contribution in [0.5, 0.6) is 5.75 Å². The first-order chi connectivity index (χ1) is 13.0. The first-order valence-corrected chi connectivity index (χ1v) is 9.32. The minimum atomic E-state index is -0.564. The number of ether oxygens (including phenoxy) is 1. The zero-order valence-corrected chi connectivity index (χ0v) is 15.8. The first-order valence-electron chi connectivity index (χ1n) is 8.13. The number of hydrogen-bond acceptors (Lipinski definition) is 5. The number of hydrogen-bond donors (Lipinski definition) is 0. The van der Waals surface area contributed by atoms with Gasteiger partial charge in [-0.25, -0.2) is 9.59 Å². The number of halogens is 1. The summed E-state index contributed by atoms with van der Waals surface area (Å²) in [6, 6.07) is 17.8. The van der Waals surface area contributed by atoms with E-state index >= 15 is 0 Å². The second-order valence-corrected chi connectivity index (χ2v) is 7.38. The summed E-state index contributed by atoms with van der Waals surface area (Å²) in [4.78, 5) is 23.8. The maximum Gasteiger partial charge on any atom is 0.396 e. The molecule has 0 saturated heterocycles. The summed E-state index contributed by atoms with van der Waals surface area (Å²) in [6.45, 7) is 1.98. The van der Waals surface area contributed by atoms with Gasteiger partial charge in [0.25, 0.3) is 0 Å². The van der Waals surface area contributed by atoms with Crippen LogP contribution < -0.4 is 9.68 Å². The third kappa shape index (κ3) is 3.52. The van der Waals surface area contributed by atoms with Gasteiger partial charge in [-0.3, -0.25) is 0 Å². The predicted molar refractivity (Wildman–Crippen MR) is 107 cm³/mol. The van der Waals surface area contributed by atoms with E-state index in [1.807, 2.05) is 31.2 Å². The summed E-state index contributed by atoms with van der Waals surface area (Å²) >= 11 is 7.04. The summed E-state index contributed by atoms with van der Waals surface area (Å²) in [5.41, 5.74) is 3.38. The normalized spacial score (nSPS) is 10.9. The second kappa shape index (κ2) is 7.02. The smallest absolute Gasteiger partial charge is 0.396 e. The highest BCUT2D eigenvalue weighted by atomic mass is 35.5. The zero-order chi connectivity index (χ0) is 19.0. The standard InChI is InChI=1S/C21H13ClO4S/c1-12-5-4-6-13(9-12)16-10-14(11-18-19(16)26-21(24)27-18)25-20(23)15-7-2-3-8-17(15)22/h2-11H,1H3. The lowest BCUT2D eigenvalue weighted by Gasteiger charge is -2.09. The third-order valence-electron chi connectivity index (χ3n) is 4.04. The molecule has 0 bridgehead atoms. The molecule has 0 spiro atoms. The van der Waals surface area contributed by atoms with E-state index in [0.29, 0.717) is 26.6 Å². The fraction of sp³-hybridized carbons (Fsp3) is 0.0476. The van der Waals surface area contributed by atoms with E-state index < -0.39 is 10.9 Å². The van der Waals surface area contributed by atoms with Crippen molar-refractivity contribution in [2.24, 2.45) is 0 Å². The number of carbonyl (C=O) groups is 1. The molecule has 6 heteroatoms. The molecule has 0 amide bonds. The Kier molecular flexibility index (Phi) is 4.56. The Morgan fingerprint density at radius 1 is 1.07 bits per heavy atom. The van der Waals surface area contributed by atoms with E-state index in [1.165, 1.54) is 0 Å². The van der Waals surface area contributed by atoms with Gasteiger partial charge in [-0.15, -0.1) is 0 Å². The van der Waals surface area contributed by atoms with Crippen molar-refractivity contribution in [3.05, 3.63) is 86.5 Å². The quantitative estimate of drug-likeness (QED) is 0.329. The number of aryl methyl sites for hydroxylation is 1. The molecule has 0 unspecified atom stereocenters. The summed E-state index contributed by atoms with van der Waals surface area (Å²) < 4.78 is 11.5. The van der Waals surface area contributed by atoms with E-state index in [4.69, 9.17) is 20.8 Å². The lowest BCUT2D eigenvalue weighted by molar-refractivity contribution is 0.0735. The molecule has 0 N–H and O–H groups in total. The summed E-state index contributed by atoms with van der Waals surface area (Å²) in [6.07, 6.45) is 0. The molecule has 4 rings (SSSR count). The number of esters is 1. The monoisotopic (exact) mass is 396 g/mol. The van der Waals surface area contributed by atoms with Gasteiger partial charge in [-0.1, -0.05) is 64.9 Å². The van der Waals surface area contributed by atoms with Gasteiger partial charge in [-0.05, 0) is 30.7 Å². The number of rotatable bonds is 3. The molecule has 134 valence electrons. The van der Waals surface area contributed by atoms with Gasteiger partial charge in [0.15, 0.2) is 5.58 Å². The average Bonchev–Trinajstić information content (AvgIpc) is 3.01. The molecular formula is C21H13ClO4S. The van der Waals surface area contributed by atoms with E-state index in [0.717, 1.165) is 22.5 Å². The van der Waals surface area contributed by atoms with E-state index in [2.05, 4.69) is 0 Å². The SMILES string of the molecule is Cc1cccc(-c2cc(OC(=O)c3ccccc3Cl)cc3sc(=O)oc23)c1. The Hall–Kier alpha value is -2.89. The van der Waals surface area contributed by atoms with Crippen molar-refractivity contribution in [1.29, 1.82) is 0 Å². The molecule has 1 heterocycles. The molecular weight excluding hydrogens is 384 g/mol. The maximum absolute atomic E-state index is 12.5. The molecule has 0 aliphatic rings. The zero-order valence-electron chi connectivity index (χ0n) is 14.2. The van der Waals surface area contributed by atoms with Crippen LogP contribution in [-0.4, -0.2) is 5.97 Å². The fourth-order valence-corrected chi connectivity index (χ4v) is 3.76. The molecule has 0 aliphatic heterocycles. The minimum absolute atomic E-state index is 0.275. The van der Waals surface area contributed by atoms with Crippen LogP contribution >= 0.6 is 22.9 Å². The summed E-state index contributed by atoms with van der Waals surface area (Å²) in [5, 5.41) is 0.315. The van der Waals surface area contributed by atoms with Gasteiger partial charge in [0.1, 0.15) is 5.75 Å². The van der Waals surface area contributed by atoms with Gasteiger partial charge < -0.3 is 9.15 Å². The van der Waals surface area contributed by atoms with Gasteiger partial charge in [0.2, 0.25) is 0 Å². The molecule has 0 saturated carbocycles. The van der Waals surface area contributed by atoms with Crippen molar-refractivity contribution in [2.75, 3.05) is 0 Å². The fourth-order valence-electron chi connectivity index (χ4n) is 2.83. The molecule has 0 fully saturated rings. The lowest BCUT2D eigenvalue weighted by Crippen LogP contribution is -2.09. The second-order valence-electron chi connectivity index (χ2n) is 5.99. The van der Waals surface area contributed by atoms with Crippen molar-refractivity contribution in [3.8, 4) is 16.9 Å². The van der Waals surface area contributed by atoms with Gasteiger partial charge >= 0.3 is 10.9 Å². The molecule has 3 aromatic carbocycles. The Labute approximate surface area is 163 Å². The van der Waals surface area contributed by atoms with Crippen LogP contribution in [0.25, 0.3) is 21.4 Å². The Morgan fingerprint density at radius 2 is 1.89 bits per heavy atom. The average molecular weight is 397 g/mol. The van der Waals surface area contributed by atoms with Gasteiger partial charge in [0, 0.05) is 11.6 Å². The molecule has 4 aromatic rings. The molecule has 0 radical (unpaired) electrons. The van der Waals surface area contributed by atoms with Gasteiger partial charge in [-0.2, -0.15) is 0 Å². The van der Waals surface area contributed by atoms with Gasteiger partial charge in [0.05, 0.1) is 15.3 Å². The Morgan fingerprint density at radius 3 is 2.67 bits per heavy atom. The molecule has 1 aromatic heterocycles. The largest absolute Gasteiger partial charge is 0.423 e.